The van der Waals surface area contributed by atoms with E-state index in [1.54, 1.807) is 7.11 Å². The van der Waals surface area contributed by atoms with Crippen molar-refractivity contribution in [3.8, 4) is 5.75 Å². The molecule has 3 unspecified atom stereocenters. The number of ether oxygens (including phenoxy) is 2. The Morgan fingerprint density at radius 1 is 1.42 bits per heavy atom. The van der Waals surface area contributed by atoms with Gasteiger partial charge in [0.2, 0.25) is 0 Å². The summed E-state index contributed by atoms with van der Waals surface area (Å²) in [5, 5.41) is 0. The van der Waals surface area contributed by atoms with Gasteiger partial charge in [-0.1, -0.05) is 31.9 Å². The van der Waals surface area contributed by atoms with Crippen LogP contribution in [-0.2, 0) is 4.74 Å². The fourth-order valence-electron chi connectivity index (χ4n) is 2.82. The molecule has 4 heteroatoms. The lowest BCUT2D eigenvalue weighted by Gasteiger charge is -2.26. The quantitative estimate of drug-likeness (QED) is 0.679. The molecular weight excluding hydrogens is 372 g/mol. The molecule has 0 spiro atoms. The Kier molecular flexibility index (Phi) is 4.96. The number of aryl methyl sites for hydroxylation is 1. The maximum Gasteiger partial charge on any atom is 0.126 e. The third-order valence-corrected chi connectivity index (χ3v) is 5.96. The molecule has 3 atom stereocenters. The second-order valence-electron chi connectivity index (χ2n) is 5.18. The maximum atomic E-state index is 5.70. The van der Waals surface area contributed by atoms with Gasteiger partial charge >= 0.3 is 0 Å². The van der Waals surface area contributed by atoms with Crippen LogP contribution >= 0.6 is 31.9 Å². The molecule has 0 radical (unpaired) electrons. The number of benzene rings is 1. The molecule has 19 heavy (non-hydrogen) atoms. The zero-order chi connectivity index (χ0) is 14.2. The van der Waals surface area contributed by atoms with E-state index < -0.39 is 0 Å². The minimum absolute atomic E-state index is 0.260. The summed E-state index contributed by atoms with van der Waals surface area (Å²) in [5.41, 5.74) is 3.64. The van der Waals surface area contributed by atoms with E-state index in [0.717, 1.165) is 28.8 Å². The number of hydrogen-bond acceptors (Lipinski definition) is 2. The first kappa shape index (κ1) is 15.3. The second kappa shape index (κ2) is 6.15. The summed E-state index contributed by atoms with van der Waals surface area (Å²) in [5.74, 6) is 1.47. The minimum Gasteiger partial charge on any atom is -0.496 e. The van der Waals surface area contributed by atoms with Crippen LogP contribution < -0.4 is 4.74 Å². The van der Waals surface area contributed by atoms with Gasteiger partial charge in [-0.25, -0.2) is 0 Å². The standard InChI is InChI=1S/C15H20Br2O2/c1-8-7-12(16)9(2)13(15(8)18-4)14(17)11-5-6-19-10(11)3/h7,10-11,14H,5-6H2,1-4H3. The Bertz CT molecular complexity index is 474. The van der Waals surface area contributed by atoms with Crippen molar-refractivity contribution in [2.24, 2.45) is 5.92 Å². The summed E-state index contributed by atoms with van der Waals surface area (Å²) in [4.78, 5) is 0.260. The molecule has 1 aliphatic heterocycles. The Hall–Kier alpha value is -0.0600. The lowest BCUT2D eigenvalue weighted by molar-refractivity contribution is 0.105. The van der Waals surface area contributed by atoms with Crippen molar-refractivity contribution in [2.75, 3.05) is 13.7 Å². The molecule has 1 fully saturated rings. The Labute approximate surface area is 132 Å². The molecule has 0 saturated carbocycles. The first-order valence-corrected chi connectivity index (χ1v) is 8.27. The van der Waals surface area contributed by atoms with Gasteiger partial charge < -0.3 is 9.47 Å². The highest BCUT2D eigenvalue weighted by Gasteiger charge is 2.34. The van der Waals surface area contributed by atoms with Gasteiger partial charge in [0.05, 0.1) is 13.2 Å². The van der Waals surface area contributed by atoms with E-state index in [4.69, 9.17) is 9.47 Å². The molecule has 0 amide bonds. The van der Waals surface area contributed by atoms with Crippen LogP contribution in [-0.4, -0.2) is 19.8 Å². The predicted octanol–water partition coefficient (Wildman–Crippen LogP) is 4.94. The molecule has 0 bridgehead atoms. The monoisotopic (exact) mass is 390 g/mol. The van der Waals surface area contributed by atoms with Crippen LogP contribution in [0.25, 0.3) is 0 Å². The summed E-state index contributed by atoms with van der Waals surface area (Å²) < 4.78 is 12.5. The third kappa shape index (κ3) is 2.86. The SMILES string of the molecule is COc1c(C)cc(Br)c(C)c1C(Br)C1CCOC1C. The zero-order valence-electron chi connectivity index (χ0n) is 11.8. The molecule has 2 rings (SSSR count). The van der Waals surface area contributed by atoms with Gasteiger partial charge in [0.25, 0.3) is 0 Å². The Morgan fingerprint density at radius 3 is 2.63 bits per heavy atom. The molecule has 1 saturated heterocycles. The van der Waals surface area contributed by atoms with Crippen molar-refractivity contribution >= 4 is 31.9 Å². The number of rotatable bonds is 3. The highest BCUT2D eigenvalue weighted by atomic mass is 79.9. The number of hydrogen-bond donors (Lipinski definition) is 0. The van der Waals surface area contributed by atoms with E-state index in [2.05, 4.69) is 58.7 Å². The van der Waals surface area contributed by atoms with Crippen LogP contribution in [0.4, 0.5) is 0 Å². The molecule has 1 aromatic rings. The highest BCUT2D eigenvalue weighted by Crippen LogP contribution is 2.46. The van der Waals surface area contributed by atoms with E-state index in [1.165, 1.54) is 11.1 Å². The van der Waals surface area contributed by atoms with E-state index in [-0.39, 0.29) is 10.9 Å². The van der Waals surface area contributed by atoms with Crippen molar-refractivity contribution in [3.63, 3.8) is 0 Å². The number of alkyl halides is 1. The predicted molar refractivity (Wildman–Crippen MR) is 85.4 cm³/mol. The normalized spacial score (nSPS) is 24.5. The molecule has 0 aromatic heterocycles. The smallest absolute Gasteiger partial charge is 0.126 e. The average molecular weight is 392 g/mol. The molecular formula is C15H20Br2O2. The van der Waals surface area contributed by atoms with Gasteiger partial charge in [-0.3, -0.25) is 0 Å². The van der Waals surface area contributed by atoms with Gasteiger partial charge in [-0.05, 0) is 44.4 Å². The molecule has 106 valence electrons. The van der Waals surface area contributed by atoms with Crippen molar-refractivity contribution in [1.82, 2.24) is 0 Å². The highest BCUT2D eigenvalue weighted by molar-refractivity contribution is 9.10. The fraction of sp³-hybridized carbons (Fsp3) is 0.600. The minimum atomic E-state index is 0.260. The van der Waals surface area contributed by atoms with Crippen LogP contribution in [0.3, 0.4) is 0 Å². The van der Waals surface area contributed by atoms with E-state index >= 15 is 0 Å². The lowest BCUT2D eigenvalue weighted by Crippen LogP contribution is -2.18. The Balaban J connectivity index is 2.48. The first-order valence-electron chi connectivity index (χ1n) is 6.56. The molecule has 0 N–H and O–H groups in total. The van der Waals surface area contributed by atoms with E-state index in [9.17, 15) is 0 Å². The van der Waals surface area contributed by atoms with Gasteiger partial charge in [-0.2, -0.15) is 0 Å². The topological polar surface area (TPSA) is 18.5 Å². The maximum absolute atomic E-state index is 5.70. The summed E-state index contributed by atoms with van der Waals surface area (Å²) in [6, 6.07) is 2.12. The van der Waals surface area contributed by atoms with Crippen molar-refractivity contribution < 1.29 is 9.47 Å². The Morgan fingerprint density at radius 2 is 2.11 bits per heavy atom. The van der Waals surface area contributed by atoms with Crippen LogP contribution in [0.15, 0.2) is 10.5 Å². The molecule has 0 aliphatic carbocycles. The van der Waals surface area contributed by atoms with Crippen LogP contribution in [0.1, 0.15) is 34.9 Å². The van der Waals surface area contributed by atoms with Crippen LogP contribution in [0.5, 0.6) is 5.75 Å². The summed E-state index contributed by atoms with van der Waals surface area (Å²) in [6.45, 7) is 7.22. The second-order valence-corrected chi connectivity index (χ2v) is 7.02. The van der Waals surface area contributed by atoms with Crippen LogP contribution in [0.2, 0.25) is 0 Å². The average Bonchev–Trinajstić information content (AvgIpc) is 2.79. The van der Waals surface area contributed by atoms with E-state index in [1.807, 2.05) is 0 Å². The van der Waals surface area contributed by atoms with Gasteiger partial charge in [0.1, 0.15) is 5.75 Å². The van der Waals surface area contributed by atoms with Crippen molar-refractivity contribution in [1.29, 1.82) is 0 Å². The molecule has 2 nitrogen and oxygen atoms in total. The van der Waals surface area contributed by atoms with E-state index in [0.29, 0.717) is 5.92 Å². The molecule has 1 aromatic carbocycles. The van der Waals surface area contributed by atoms with Gasteiger partial charge in [0, 0.05) is 27.4 Å². The summed E-state index contributed by atoms with van der Waals surface area (Å²) in [7, 11) is 1.74. The number of halogens is 2. The van der Waals surface area contributed by atoms with Gasteiger partial charge in [-0.15, -0.1) is 0 Å². The summed E-state index contributed by atoms with van der Waals surface area (Å²) >= 11 is 7.53. The molecule has 1 aliphatic rings. The molecule has 1 heterocycles. The number of methoxy groups -OCH3 is 1. The van der Waals surface area contributed by atoms with Crippen molar-refractivity contribution in [3.05, 3.63) is 27.2 Å². The van der Waals surface area contributed by atoms with Gasteiger partial charge in [0.15, 0.2) is 0 Å². The van der Waals surface area contributed by atoms with Crippen LogP contribution in [0, 0.1) is 19.8 Å². The lowest BCUT2D eigenvalue weighted by atomic mass is 9.90. The fourth-order valence-corrected chi connectivity index (χ4v) is 4.63. The third-order valence-electron chi connectivity index (χ3n) is 4.00. The zero-order valence-corrected chi connectivity index (χ0v) is 15.0. The first-order chi connectivity index (χ1) is 8.97. The van der Waals surface area contributed by atoms with Crippen molar-refractivity contribution in [2.45, 2.75) is 38.1 Å². The summed E-state index contributed by atoms with van der Waals surface area (Å²) in [6.07, 6.45) is 1.37. The largest absolute Gasteiger partial charge is 0.496 e.